The van der Waals surface area contributed by atoms with E-state index < -0.39 is 0 Å². The van der Waals surface area contributed by atoms with Crippen LogP contribution in [-0.4, -0.2) is 17.9 Å². The molecule has 1 aromatic heterocycles. The summed E-state index contributed by atoms with van der Waals surface area (Å²) in [6.07, 6.45) is 1.55. The number of hydrogen-bond donors (Lipinski definition) is 2. The molecule has 0 unspecified atom stereocenters. The van der Waals surface area contributed by atoms with Crippen LogP contribution in [0.25, 0.3) is 0 Å². The molecule has 0 aliphatic carbocycles. The maximum Gasteiger partial charge on any atom is 0.276 e. The van der Waals surface area contributed by atoms with Crippen LogP contribution in [0.15, 0.2) is 42.6 Å². The maximum absolute atomic E-state index is 12.4. The van der Waals surface area contributed by atoms with Gasteiger partial charge in [0.25, 0.3) is 5.91 Å². The minimum absolute atomic E-state index is 0.175. The molecule has 1 aromatic carbocycles. The summed E-state index contributed by atoms with van der Waals surface area (Å²) in [5.41, 5.74) is 5.39. The first-order valence-corrected chi connectivity index (χ1v) is 5.90. The SMILES string of the molecule is Cc1ccccc1N(C)C(=O)c1cc(NN)ccn1. The molecule has 0 aliphatic rings. The van der Waals surface area contributed by atoms with E-state index in [1.165, 1.54) is 0 Å². The Hall–Kier alpha value is -2.40. The fourth-order valence-electron chi connectivity index (χ4n) is 1.86. The van der Waals surface area contributed by atoms with Gasteiger partial charge in [-0.3, -0.25) is 15.6 Å². The van der Waals surface area contributed by atoms with E-state index in [-0.39, 0.29) is 5.91 Å². The van der Waals surface area contributed by atoms with Gasteiger partial charge in [0.15, 0.2) is 0 Å². The van der Waals surface area contributed by atoms with E-state index in [1.807, 2.05) is 31.2 Å². The molecule has 0 saturated heterocycles. The van der Waals surface area contributed by atoms with Gasteiger partial charge in [0.2, 0.25) is 0 Å². The van der Waals surface area contributed by atoms with Crippen molar-refractivity contribution in [3.05, 3.63) is 53.9 Å². The van der Waals surface area contributed by atoms with Gasteiger partial charge in [-0.15, -0.1) is 0 Å². The second kappa shape index (κ2) is 5.49. The van der Waals surface area contributed by atoms with Gasteiger partial charge < -0.3 is 10.3 Å². The Morgan fingerprint density at radius 3 is 2.74 bits per heavy atom. The van der Waals surface area contributed by atoms with Crippen LogP contribution in [0.3, 0.4) is 0 Å². The number of aryl methyl sites for hydroxylation is 1. The highest BCUT2D eigenvalue weighted by atomic mass is 16.2. The summed E-state index contributed by atoms with van der Waals surface area (Å²) in [4.78, 5) is 18.0. The number of aromatic nitrogens is 1. The van der Waals surface area contributed by atoms with Crippen molar-refractivity contribution < 1.29 is 4.79 Å². The van der Waals surface area contributed by atoms with E-state index in [0.29, 0.717) is 11.4 Å². The largest absolute Gasteiger partial charge is 0.324 e. The number of nitrogens with one attached hydrogen (secondary N) is 1. The third-order valence-corrected chi connectivity index (χ3v) is 2.93. The first-order chi connectivity index (χ1) is 9.13. The number of nitrogens with two attached hydrogens (primary N) is 1. The zero-order chi connectivity index (χ0) is 13.8. The monoisotopic (exact) mass is 256 g/mol. The molecule has 0 atom stereocenters. The Bertz CT molecular complexity index is 598. The van der Waals surface area contributed by atoms with Crippen LogP contribution < -0.4 is 16.2 Å². The first-order valence-electron chi connectivity index (χ1n) is 5.90. The molecular formula is C14H16N4O. The van der Waals surface area contributed by atoms with Crippen molar-refractivity contribution in [1.29, 1.82) is 0 Å². The average molecular weight is 256 g/mol. The number of anilines is 2. The van der Waals surface area contributed by atoms with Gasteiger partial charge >= 0.3 is 0 Å². The van der Waals surface area contributed by atoms with Crippen molar-refractivity contribution in [2.75, 3.05) is 17.4 Å². The number of pyridine rings is 1. The molecule has 3 N–H and O–H groups in total. The molecule has 5 heteroatoms. The van der Waals surface area contributed by atoms with E-state index in [2.05, 4.69) is 10.4 Å². The molecule has 0 fully saturated rings. The lowest BCUT2D eigenvalue weighted by molar-refractivity contribution is 0.0988. The number of amides is 1. The number of hydrazine groups is 1. The van der Waals surface area contributed by atoms with Crippen molar-refractivity contribution in [1.82, 2.24) is 4.98 Å². The minimum atomic E-state index is -0.175. The van der Waals surface area contributed by atoms with Gasteiger partial charge in [0, 0.05) is 18.9 Å². The predicted octanol–water partition coefficient (Wildman–Crippen LogP) is 1.95. The number of rotatable bonds is 3. The van der Waals surface area contributed by atoms with Crippen LogP contribution in [-0.2, 0) is 0 Å². The van der Waals surface area contributed by atoms with Gasteiger partial charge in [0.1, 0.15) is 5.69 Å². The zero-order valence-electron chi connectivity index (χ0n) is 10.9. The number of para-hydroxylation sites is 1. The van der Waals surface area contributed by atoms with Crippen LogP contribution >= 0.6 is 0 Å². The lowest BCUT2D eigenvalue weighted by Crippen LogP contribution is -2.27. The molecule has 1 heterocycles. The van der Waals surface area contributed by atoms with E-state index in [4.69, 9.17) is 5.84 Å². The Kier molecular flexibility index (Phi) is 3.77. The topological polar surface area (TPSA) is 71.2 Å². The lowest BCUT2D eigenvalue weighted by Gasteiger charge is -2.19. The summed E-state index contributed by atoms with van der Waals surface area (Å²) in [7, 11) is 1.73. The Balaban J connectivity index is 2.31. The molecular weight excluding hydrogens is 240 g/mol. The summed E-state index contributed by atoms with van der Waals surface area (Å²) >= 11 is 0. The molecule has 1 amide bonds. The minimum Gasteiger partial charge on any atom is -0.324 e. The van der Waals surface area contributed by atoms with E-state index in [1.54, 1.807) is 30.3 Å². The second-order valence-electron chi connectivity index (χ2n) is 4.22. The fourth-order valence-corrected chi connectivity index (χ4v) is 1.86. The molecule has 0 saturated carbocycles. The van der Waals surface area contributed by atoms with Crippen LogP contribution in [0.2, 0.25) is 0 Å². The Labute approximate surface area is 112 Å². The summed E-state index contributed by atoms with van der Waals surface area (Å²) in [6, 6.07) is 11.0. The standard InChI is InChI=1S/C14H16N4O/c1-10-5-3-4-6-13(10)18(2)14(19)12-9-11(17-15)7-8-16-12/h3-9H,15H2,1-2H3,(H,16,17). The molecule has 0 bridgehead atoms. The zero-order valence-corrected chi connectivity index (χ0v) is 10.9. The van der Waals surface area contributed by atoms with Gasteiger partial charge in [-0.25, -0.2) is 0 Å². The lowest BCUT2D eigenvalue weighted by atomic mass is 10.2. The van der Waals surface area contributed by atoms with Gasteiger partial charge in [-0.1, -0.05) is 18.2 Å². The third-order valence-electron chi connectivity index (χ3n) is 2.93. The molecule has 19 heavy (non-hydrogen) atoms. The number of benzene rings is 1. The van der Waals surface area contributed by atoms with Crippen molar-refractivity contribution in [2.24, 2.45) is 5.84 Å². The van der Waals surface area contributed by atoms with Crippen molar-refractivity contribution in [3.63, 3.8) is 0 Å². The number of carbonyl (C=O) groups excluding carboxylic acids is 1. The molecule has 0 spiro atoms. The number of nitrogen functional groups attached to an aromatic ring is 1. The molecule has 2 rings (SSSR count). The van der Waals surface area contributed by atoms with Crippen LogP contribution in [0.4, 0.5) is 11.4 Å². The Morgan fingerprint density at radius 1 is 1.32 bits per heavy atom. The van der Waals surface area contributed by atoms with Gasteiger partial charge in [-0.2, -0.15) is 0 Å². The van der Waals surface area contributed by atoms with E-state index in [9.17, 15) is 4.79 Å². The highest BCUT2D eigenvalue weighted by Gasteiger charge is 2.16. The first kappa shape index (κ1) is 13.0. The van der Waals surface area contributed by atoms with E-state index >= 15 is 0 Å². The van der Waals surface area contributed by atoms with Crippen molar-refractivity contribution >= 4 is 17.3 Å². The molecule has 2 aromatic rings. The number of carbonyl (C=O) groups is 1. The van der Waals surface area contributed by atoms with Crippen LogP contribution in [0, 0.1) is 6.92 Å². The molecule has 0 radical (unpaired) electrons. The maximum atomic E-state index is 12.4. The van der Waals surface area contributed by atoms with Crippen LogP contribution in [0.5, 0.6) is 0 Å². The quantitative estimate of drug-likeness (QED) is 0.650. The normalized spacial score (nSPS) is 10.1. The summed E-state index contributed by atoms with van der Waals surface area (Å²) < 4.78 is 0. The molecule has 0 aliphatic heterocycles. The van der Waals surface area contributed by atoms with Crippen LogP contribution in [0.1, 0.15) is 16.1 Å². The van der Waals surface area contributed by atoms with Crippen molar-refractivity contribution in [3.8, 4) is 0 Å². The third kappa shape index (κ3) is 2.71. The fraction of sp³-hybridized carbons (Fsp3) is 0.143. The molecule has 98 valence electrons. The van der Waals surface area contributed by atoms with Gasteiger partial charge in [0.05, 0.1) is 5.69 Å². The Morgan fingerprint density at radius 2 is 2.05 bits per heavy atom. The van der Waals surface area contributed by atoms with Gasteiger partial charge in [-0.05, 0) is 30.7 Å². The van der Waals surface area contributed by atoms with E-state index in [0.717, 1.165) is 11.3 Å². The average Bonchev–Trinajstić information content (AvgIpc) is 2.46. The second-order valence-corrected chi connectivity index (χ2v) is 4.22. The summed E-state index contributed by atoms with van der Waals surface area (Å²) in [6.45, 7) is 1.96. The highest BCUT2D eigenvalue weighted by molar-refractivity contribution is 6.05. The molecule has 5 nitrogen and oxygen atoms in total. The summed E-state index contributed by atoms with van der Waals surface area (Å²) in [5, 5.41) is 0. The number of hydrogen-bond acceptors (Lipinski definition) is 4. The predicted molar refractivity (Wildman–Crippen MR) is 76.0 cm³/mol. The van der Waals surface area contributed by atoms with Crippen molar-refractivity contribution in [2.45, 2.75) is 6.92 Å². The smallest absolute Gasteiger partial charge is 0.276 e. The summed E-state index contributed by atoms with van der Waals surface area (Å²) in [5.74, 6) is 5.15. The highest BCUT2D eigenvalue weighted by Crippen LogP contribution is 2.20. The number of nitrogens with zero attached hydrogens (tertiary/aromatic N) is 2.